The van der Waals surface area contributed by atoms with Crippen LogP contribution in [0, 0.1) is 13.8 Å². The lowest BCUT2D eigenvalue weighted by Gasteiger charge is -2.10. The number of rotatable bonds is 6. The second-order valence-corrected chi connectivity index (χ2v) is 7.46. The summed E-state index contributed by atoms with van der Waals surface area (Å²) in [5.41, 5.74) is 7.37. The molecule has 0 aliphatic rings. The number of aromatic nitrogens is 1. The maximum Gasteiger partial charge on any atom is 0.338 e. The van der Waals surface area contributed by atoms with Gasteiger partial charge in [0.15, 0.2) is 0 Å². The fourth-order valence-corrected chi connectivity index (χ4v) is 3.61. The number of carbonyl (C=O) groups excluding carboxylic acids is 2. The predicted octanol–water partition coefficient (Wildman–Crippen LogP) is 4.80. The van der Waals surface area contributed by atoms with Gasteiger partial charge in [-0.05, 0) is 79.2 Å². The van der Waals surface area contributed by atoms with Gasteiger partial charge in [0.05, 0.1) is 23.9 Å². The van der Waals surface area contributed by atoms with Crippen LogP contribution in [0.1, 0.15) is 44.6 Å². The lowest BCUT2D eigenvalue weighted by Crippen LogP contribution is -2.18. The van der Waals surface area contributed by atoms with Gasteiger partial charge in [0.1, 0.15) is 0 Å². The van der Waals surface area contributed by atoms with Crippen LogP contribution in [0.25, 0.3) is 5.69 Å². The van der Waals surface area contributed by atoms with Gasteiger partial charge in [-0.15, -0.1) is 0 Å². The molecule has 0 unspecified atom stereocenters. The molecule has 0 radical (unpaired) electrons. The van der Waals surface area contributed by atoms with Crippen LogP contribution in [0.5, 0.6) is 0 Å². The average Bonchev–Trinajstić information content (AvgIpc) is 3.01. The van der Waals surface area contributed by atoms with Gasteiger partial charge >= 0.3 is 5.97 Å². The summed E-state index contributed by atoms with van der Waals surface area (Å²) in [6.07, 6.45) is 1.63. The number of benzene rings is 2. The smallest absolute Gasteiger partial charge is 0.338 e. The molecule has 0 atom stereocenters. The lowest BCUT2D eigenvalue weighted by atomic mass is 10.2. The Labute approximate surface area is 183 Å². The number of amides is 1. The number of nitrogens with one attached hydrogen (secondary N) is 1. The minimum atomic E-state index is -0.335. The molecule has 1 heterocycles. The quantitative estimate of drug-likeness (QED) is 0.321. The van der Waals surface area contributed by atoms with Crippen molar-refractivity contribution in [1.29, 1.82) is 0 Å². The van der Waals surface area contributed by atoms with E-state index in [9.17, 15) is 9.59 Å². The summed E-state index contributed by atoms with van der Waals surface area (Å²) in [5.74, 6) is -0.624. The zero-order valence-corrected chi connectivity index (χ0v) is 18.6. The van der Waals surface area contributed by atoms with Crippen LogP contribution < -0.4 is 5.43 Å². The first kappa shape index (κ1) is 21.5. The third-order valence-electron chi connectivity index (χ3n) is 4.60. The van der Waals surface area contributed by atoms with Crippen molar-refractivity contribution >= 4 is 34.0 Å². The van der Waals surface area contributed by atoms with Gasteiger partial charge in [-0.2, -0.15) is 5.10 Å². The number of halogens is 1. The molecule has 0 aliphatic heterocycles. The highest BCUT2D eigenvalue weighted by Crippen LogP contribution is 2.21. The third kappa shape index (κ3) is 4.68. The second kappa shape index (κ2) is 9.54. The number of carbonyl (C=O) groups is 2. The van der Waals surface area contributed by atoms with Crippen molar-refractivity contribution in [2.75, 3.05) is 6.61 Å². The molecule has 1 aromatic heterocycles. The van der Waals surface area contributed by atoms with Gasteiger partial charge in [-0.3, -0.25) is 4.79 Å². The SMILES string of the molecule is CCOC(=O)c1ccc(-n2c(C)cc(/C=N/NC(=O)c3ccccc3Br)c2C)cc1. The minimum absolute atomic E-state index is 0.290. The maximum atomic E-state index is 12.3. The van der Waals surface area contributed by atoms with Crippen molar-refractivity contribution in [2.45, 2.75) is 20.8 Å². The lowest BCUT2D eigenvalue weighted by molar-refractivity contribution is 0.0526. The Hall–Kier alpha value is -3.19. The molecule has 2 aromatic carbocycles. The molecule has 7 heteroatoms. The van der Waals surface area contributed by atoms with E-state index in [0.717, 1.165) is 22.6 Å². The standard InChI is InChI=1S/C23H22BrN3O3/c1-4-30-23(29)17-9-11-19(12-10-17)27-15(2)13-18(16(27)3)14-25-26-22(28)20-7-5-6-8-21(20)24/h5-14H,4H2,1-3H3,(H,26,28)/b25-14+. The normalized spacial score (nSPS) is 10.9. The van der Waals surface area contributed by atoms with Crippen LogP contribution in [0.4, 0.5) is 0 Å². The first-order valence-corrected chi connectivity index (χ1v) is 10.3. The van der Waals surface area contributed by atoms with Crippen LogP contribution in [-0.2, 0) is 4.74 Å². The van der Waals surface area contributed by atoms with E-state index in [-0.39, 0.29) is 11.9 Å². The Morgan fingerprint density at radius 1 is 1.13 bits per heavy atom. The first-order valence-electron chi connectivity index (χ1n) is 9.46. The number of hydrazone groups is 1. The first-order chi connectivity index (χ1) is 14.4. The largest absolute Gasteiger partial charge is 0.462 e. The molecular formula is C23H22BrN3O3. The summed E-state index contributed by atoms with van der Waals surface area (Å²) < 4.78 is 7.80. The molecule has 3 rings (SSSR count). The summed E-state index contributed by atoms with van der Waals surface area (Å²) in [6.45, 7) is 6.09. The Balaban J connectivity index is 1.77. The monoisotopic (exact) mass is 467 g/mol. The van der Waals surface area contributed by atoms with Crippen molar-refractivity contribution in [1.82, 2.24) is 9.99 Å². The molecule has 3 aromatic rings. The van der Waals surface area contributed by atoms with Gasteiger partial charge in [0.25, 0.3) is 5.91 Å². The molecule has 0 bridgehead atoms. The van der Waals surface area contributed by atoms with Crippen molar-refractivity contribution in [2.24, 2.45) is 5.10 Å². The molecular weight excluding hydrogens is 446 g/mol. The molecule has 0 spiro atoms. The van der Waals surface area contributed by atoms with Gasteiger partial charge in [-0.1, -0.05) is 12.1 Å². The van der Waals surface area contributed by atoms with Crippen molar-refractivity contribution in [3.63, 3.8) is 0 Å². The Morgan fingerprint density at radius 2 is 1.83 bits per heavy atom. The zero-order chi connectivity index (χ0) is 21.7. The number of aryl methyl sites for hydroxylation is 1. The summed E-state index contributed by atoms with van der Waals surface area (Å²) >= 11 is 3.36. The zero-order valence-electron chi connectivity index (χ0n) is 17.0. The summed E-state index contributed by atoms with van der Waals surface area (Å²) in [7, 11) is 0. The summed E-state index contributed by atoms with van der Waals surface area (Å²) in [6, 6.07) is 16.4. The van der Waals surface area contributed by atoms with E-state index < -0.39 is 0 Å². The molecule has 0 saturated carbocycles. The minimum Gasteiger partial charge on any atom is -0.462 e. The van der Waals surface area contributed by atoms with E-state index in [1.54, 1.807) is 43.5 Å². The van der Waals surface area contributed by atoms with Crippen molar-refractivity contribution < 1.29 is 14.3 Å². The van der Waals surface area contributed by atoms with Gasteiger partial charge in [0.2, 0.25) is 0 Å². The van der Waals surface area contributed by atoms with Crippen LogP contribution in [-0.4, -0.2) is 29.3 Å². The van der Waals surface area contributed by atoms with Crippen LogP contribution >= 0.6 is 15.9 Å². The van der Waals surface area contributed by atoms with E-state index in [2.05, 4.69) is 31.0 Å². The van der Waals surface area contributed by atoms with Crippen molar-refractivity contribution in [3.05, 3.63) is 87.1 Å². The highest BCUT2D eigenvalue weighted by molar-refractivity contribution is 9.10. The molecule has 0 fully saturated rings. The van der Waals surface area contributed by atoms with E-state index in [0.29, 0.717) is 22.2 Å². The molecule has 6 nitrogen and oxygen atoms in total. The van der Waals surface area contributed by atoms with E-state index in [1.165, 1.54) is 0 Å². The topological polar surface area (TPSA) is 72.7 Å². The Bertz CT molecular complexity index is 1100. The van der Waals surface area contributed by atoms with E-state index >= 15 is 0 Å². The number of hydrogen-bond donors (Lipinski definition) is 1. The molecule has 0 saturated heterocycles. The van der Waals surface area contributed by atoms with Gasteiger partial charge < -0.3 is 9.30 Å². The number of hydrogen-bond acceptors (Lipinski definition) is 4. The average molecular weight is 468 g/mol. The fraction of sp³-hybridized carbons (Fsp3) is 0.174. The number of ether oxygens (including phenoxy) is 1. The van der Waals surface area contributed by atoms with Gasteiger partial charge in [0, 0.05) is 27.1 Å². The highest BCUT2D eigenvalue weighted by atomic mass is 79.9. The van der Waals surface area contributed by atoms with Crippen molar-refractivity contribution in [3.8, 4) is 5.69 Å². The molecule has 1 N–H and O–H groups in total. The number of esters is 1. The Kier molecular flexibility index (Phi) is 6.84. The molecule has 30 heavy (non-hydrogen) atoms. The highest BCUT2D eigenvalue weighted by Gasteiger charge is 2.12. The number of nitrogens with zero attached hydrogens (tertiary/aromatic N) is 2. The van der Waals surface area contributed by atoms with Gasteiger partial charge in [-0.25, -0.2) is 10.2 Å². The molecule has 0 aliphatic carbocycles. The summed E-state index contributed by atoms with van der Waals surface area (Å²) in [5, 5.41) is 4.11. The fourth-order valence-electron chi connectivity index (χ4n) is 3.14. The second-order valence-electron chi connectivity index (χ2n) is 6.61. The molecule has 1 amide bonds. The summed E-state index contributed by atoms with van der Waals surface area (Å²) in [4.78, 5) is 24.1. The molecule has 154 valence electrons. The van der Waals surface area contributed by atoms with Crippen LogP contribution in [0.2, 0.25) is 0 Å². The van der Waals surface area contributed by atoms with Crippen LogP contribution in [0.15, 0.2) is 64.2 Å². The Morgan fingerprint density at radius 3 is 2.50 bits per heavy atom. The third-order valence-corrected chi connectivity index (χ3v) is 5.29. The predicted molar refractivity (Wildman–Crippen MR) is 120 cm³/mol. The van der Waals surface area contributed by atoms with E-state index in [1.807, 2.05) is 38.1 Å². The van der Waals surface area contributed by atoms with Crippen LogP contribution in [0.3, 0.4) is 0 Å². The maximum absolute atomic E-state index is 12.3. The van der Waals surface area contributed by atoms with E-state index in [4.69, 9.17) is 4.74 Å².